The number of methoxy groups -OCH3 is 2. The van der Waals surface area contributed by atoms with E-state index >= 15 is 0 Å². The van der Waals surface area contributed by atoms with Crippen LogP contribution in [0.5, 0.6) is 0 Å². The normalized spacial score (nSPS) is 44.4. The molecule has 1 spiro atoms. The fourth-order valence-electron chi connectivity index (χ4n) is 11.5. The molecule has 2 bridgehead atoms. The number of aliphatic hydroxyl groups excluding tert-OH is 1. The van der Waals surface area contributed by atoms with E-state index in [4.69, 9.17) is 59.6 Å². The SMILES string of the molecule is CCC(C)[C@H]1O[C@]2(C=C[C@@H]1C)C[C@@H]1C[C@@H](CC=C(C)[C@@H](O[C@H]3C[C@H](OC)[C@@H](O[C@H]4C[C@H](OC)[C@@](C)(NC(=S)NC(C)C)[C@H](C)O4)[C@H](C)O3)C(C)C=CC=C3CO[C@@H]4[C@H](O)C(C)=C[C@@H](C(=O)O1)[C@]34O)O2. The van der Waals surface area contributed by atoms with Crippen LogP contribution >= 0.6 is 12.2 Å². The van der Waals surface area contributed by atoms with E-state index < -0.39 is 78.0 Å². The summed E-state index contributed by atoms with van der Waals surface area (Å²) in [6.07, 6.45) is 9.75. The van der Waals surface area contributed by atoms with Crippen molar-refractivity contribution in [2.24, 2.45) is 23.7 Å². The van der Waals surface area contributed by atoms with Crippen LogP contribution in [0.25, 0.3) is 0 Å². The third-order valence-corrected chi connectivity index (χ3v) is 16.1. The maximum absolute atomic E-state index is 14.4. The standard InChI is InChI=1S/C53H82N2O13S/c1-14-29(4)46-32(7)20-21-52(68-46)26-38-23-37(67-52)19-18-31(6)45(30(5)16-15-17-36-27-61-48-44(56)33(8)22-39(49(57)64-38)53(36,48)58)65-42-24-40(59-12)47(34(9)62-42)66-43-25-41(60-13)51(11,35(10)63-43)55-50(69)54-28(2)3/h15-18,20-22,28-30,32,34-35,37-48,56,58H,14,19,23-27H2,1-13H3,(H2,54,55,69)/t29?,30?,32-,34-,35-,37+,38-,39-,40-,41-,42-,43-,44+,45-,46+,47-,48+,51-,52+,53+/m0/s1. The highest BCUT2D eigenvalue weighted by atomic mass is 32.1. The van der Waals surface area contributed by atoms with E-state index in [1.807, 2.05) is 45.9 Å². The van der Waals surface area contributed by atoms with Gasteiger partial charge in [-0.1, -0.05) is 70.6 Å². The molecule has 4 N–H and O–H groups in total. The van der Waals surface area contributed by atoms with Gasteiger partial charge >= 0.3 is 5.97 Å². The van der Waals surface area contributed by atoms with Gasteiger partial charge in [0.05, 0.1) is 54.9 Å². The van der Waals surface area contributed by atoms with E-state index in [9.17, 15) is 15.0 Å². The molecule has 7 rings (SSSR count). The molecule has 69 heavy (non-hydrogen) atoms. The molecular weight excluding hydrogens is 905 g/mol. The average Bonchev–Trinajstić information content (AvgIpc) is 3.63. The molecule has 0 aromatic carbocycles. The predicted molar refractivity (Wildman–Crippen MR) is 264 cm³/mol. The Hall–Kier alpha value is -2.58. The van der Waals surface area contributed by atoms with Crippen molar-refractivity contribution in [3.8, 4) is 0 Å². The molecule has 4 saturated heterocycles. The molecule has 0 radical (unpaired) electrons. The summed E-state index contributed by atoms with van der Waals surface area (Å²) >= 11 is 5.62. The van der Waals surface area contributed by atoms with Gasteiger partial charge in [0.1, 0.15) is 35.9 Å². The highest BCUT2D eigenvalue weighted by Crippen LogP contribution is 2.47. The van der Waals surface area contributed by atoms with E-state index in [1.165, 1.54) is 0 Å². The smallest absolute Gasteiger partial charge is 0.316 e. The van der Waals surface area contributed by atoms with E-state index in [0.717, 1.165) is 12.0 Å². The zero-order chi connectivity index (χ0) is 50.2. The van der Waals surface area contributed by atoms with Crippen LogP contribution in [0.15, 0.2) is 59.3 Å². The molecule has 2 unspecified atom stereocenters. The number of carbonyl (C=O) groups is 1. The van der Waals surface area contributed by atoms with Crippen molar-refractivity contribution >= 4 is 23.3 Å². The van der Waals surface area contributed by atoms with Gasteiger partial charge < -0.3 is 68.2 Å². The van der Waals surface area contributed by atoms with E-state index in [1.54, 1.807) is 33.3 Å². The number of hydrogen-bond donors (Lipinski definition) is 4. The summed E-state index contributed by atoms with van der Waals surface area (Å²) in [5.41, 5.74) is -0.474. The van der Waals surface area contributed by atoms with Crippen LogP contribution in [0.1, 0.15) is 115 Å². The van der Waals surface area contributed by atoms with Gasteiger partial charge in [-0.3, -0.25) is 4.79 Å². The fourth-order valence-corrected chi connectivity index (χ4v) is 11.9. The molecule has 0 aromatic heterocycles. The molecule has 7 aliphatic rings. The molecule has 0 amide bonds. The lowest BCUT2D eigenvalue weighted by molar-refractivity contribution is -0.316. The first-order valence-electron chi connectivity index (χ1n) is 25.4. The molecule has 0 aromatic rings. The van der Waals surface area contributed by atoms with Gasteiger partial charge in [-0.2, -0.15) is 0 Å². The van der Waals surface area contributed by atoms with Crippen LogP contribution in [0, 0.1) is 23.7 Å². The first-order chi connectivity index (χ1) is 32.6. The number of thiocarbonyl (C=S) groups is 1. The van der Waals surface area contributed by atoms with Crippen molar-refractivity contribution < 1.29 is 62.4 Å². The van der Waals surface area contributed by atoms with Gasteiger partial charge in [0.15, 0.2) is 23.5 Å². The number of esters is 1. The topological polar surface area (TPSA) is 174 Å². The van der Waals surface area contributed by atoms with Crippen molar-refractivity contribution in [3.05, 3.63) is 59.3 Å². The Morgan fingerprint density at radius 1 is 0.957 bits per heavy atom. The van der Waals surface area contributed by atoms with Crippen molar-refractivity contribution in [1.82, 2.24) is 10.6 Å². The van der Waals surface area contributed by atoms with Crippen LogP contribution in [-0.4, -0.2) is 145 Å². The molecule has 20 atom stereocenters. The Morgan fingerprint density at radius 2 is 1.70 bits per heavy atom. The van der Waals surface area contributed by atoms with Crippen molar-refractivity contribution in [2.45, 2.75) is 217 Å². The zero-order valence-electron chi connectivity index (χ0n) is 43.2. The van der Waals surface area contributed by atoms with Crippen LogP contribution in [0.3, 0.4) is 0 Å². The molecule has 4 fully saturated rings. The van der Waals surface area contributed by atoms with Crippen LogP contribution in [0.4, 0.5) is 0 Å². The number of carbonyl (C=O) groups excluding carboxylic acids is 1. The summed E-state index contributed by atoms with van der Waals surface area (Å²) in [7, 11) is 3.37. The zero-order valence-corrected chi connectivity index (χ0v) is 44.0. The minimum absolute atomic E-state index is 0.0312. The minimum Gasteiger partial charge on any atom is -0.462 e. The summed E-state index contributed by atoms with van der Waals surface area (Å²) in [5.74, 6) is -2.58. The largest absolute Gasteiger partial charge is 0.462 e. The Labute approximate surface area is 416 Å². The molecule has 388 valence electrons. The molecule has 6 heterocycles. The van der Waals surface area contributed by atoms with E-state index in [-0.39, 0.29) is 60.9 Å². The third-order valence-electron chi connectivity index (χ3n) is 15.9. The summed E-state index contributed by atoms with van der Waals surface area (Å²) in [6.45, 7) is 22.5. The number of aliphatic hydroxyl groups is 2. The summed E-state index contributed by atoms with van der Waals surface area (Å²) < 4.78 is 65.4. The van der Waals surface area contributed by atoms with Gasteiger partial charge in [0.25, 0.3) is 0 Å². The number of nitrogens with one attached hydrogen (secondary N) is 2. The van der Waals surface area contributed by atoms with E-state index in [0.29, 0.717) is 48.4 Å². The molecule has 1 aliphatic carbocycles. The average molecular weight is 987 g/mol. The second-order valence-electron chi connectivity index (χ2n) is 21.4. The van der Waals surface area contributed by atoms with Gasteiger partial charge in [-0.05, 0) is 95.8 Å². The van der Waals surface area contributed by atoms with Crippen molar-refractivity contribution in [3.63, 3.8) is 0 Å². The first-order valence-corrected chi connectivity index (χ1v) is 25.8. The van der Waals surface area contributed by atoms with Gasteiger partial charge in [0, 0.05) is 57.8 Å². The maximum atomic E-state index is 14.4. The van der Waals surface area contributed by atoms with Gasteiger partial charge in [0.2, 0.25) is 0 Å². The number of hydrogen-bond acceptors (Lipinski definition) is 14. The number of rotatable bonds is 10. The molecule has 15 nitrogen and oxygen atoms in total. The Balaban J connectivity index is 1.14. The third kappa shape index (κ3) is 11.5. The van der Waals surface area contributed by atoms with Gasteiger partial charge in [-0.15, -0.1) is 0 Å². The van der Waals surface area contributed by atoms with Crippen molar-refractivity contribution in [2.75, 3.05) is 20.8 Å². The second kappa shape index (κ2) is 22.3. The summed E-state index contributed by atoms with van der Waals surface area (Å²) in [6, 6.07) is 0.171. The lowest BCUT2D eigenvalue weighted by atomic mass is 9.71. The Kier molecular flexibility index (Phi) is 17.5. The quantitative estimate of drug-likeness (QED) is 0.104. The molecule has 6 aliphatic heterocycles. The number of allylic oxidation sites excluding steroid dienone is 2. The van der Waals surface area contributed by atoms with Crippen molar-refractivity contribution in [1.29, 1.82) is 0 Å². The van der Waals surface area contributed by atoms with Crippen LogP contribution in [0.2, 0.25) is 0 Å². The minimum atomic E-state index is -1.84. The summed E-state index contributed by atoms with van der Waals surface area (Å²) in [4.78, 5) is 14.4. The number of ether oxygens (including phenoxy) is 10. The second-order valence-corrected chi connectivity index (χ2v) is 21.8. The Morgan fingerprint density at radius 3 is 2.39 bits per heavy atom. The molecular formula is C53H82N2O13S. The van der Waals surface area contributed by atoms with E-state index in [2.05, 4.69) is 64.3 Å². The molecule has 0 saturated carbocycles. The van der Waals surface area contributed by atoms with Crippen LogP contribution in [-0.2, 0) is 52.2 Å². The highest BCUT2D eigenvalue weighted by Gasteiger charge is 2.60. The summed E-state index contributed by atoms with van der Waals surface area (Å²) in [5, 5.41) is 31.1. The van der Waals surface area contributed by atoms with Crippen LogP contribution < -0.4 is 10.6 Å². The lowest BCUT2D eigenvalue weighted by Crippen LogP contribution is -2.68. The van der Waals surface area contributed by atoms with Gasteiger partial charge in [-0.25, -0.2) is 0 Å². The predicted octanol–water partition coefficient (Wildman–Crippen LogP) is 6.65. The lowest BCUT2D eigenvalue weighted by Gasteiger charge is -2.50. The fraction of sp³-hybridized carbons (Fsp3) is 0.774. The first kappa shape index (κ1) is 54.2. The maximum Gasteiger partial charge on any atom is 0.316 e. The Bertz CT molecular complexity index is 1980. The highest BCUT2D eigenvalue weighted by molar-refractivity contribution is 7.80. The number of fused-ring (bicyclic) bond motifs is 2. The molecule has 16 heteroatoms. The monoisotopic (exact) mass is 987 g/mol.